The molecule has 1 N–H and O–H groups in total. The molecule has 0 bridgehead atoms. The molecule has 6 nitrogen and oxygen atoms in total. The highest BCUT2D eigenvalue weighted by atomic mass is 16.6. The summed E-state index contributed by atoms with van der Waals surface area (Å²) in [6.45, 7) is 11.0. The third-order valence-corrected chi connectivity index (χ3v) is 9.89. The fraction of sp³-hybridized carbons (Fsp3) is 0.741. The molecule has 1 saturated heterocycles. The Labute approximate surface area is 195 Å². The zero-order chi connectivity index (χ0) is 24.2. The van der Waals surface area contributed by atoms with Gasteiger partial charge in [-0.1, -0.05) is 25.5 Å². The van der Waals surface area contributed by atoms with Crippen LogP contribution in [0.2, 0.25) is 0 Å². The van der Waals surface area contributed by atoms with Gasteiger partial charge in [0.25, 0.3) is 0 Å². The lowest BCUT2D eigenvalue weighted by molar-refractivity contribution is -0.173. The van der Waals surface area contributed by atoms with E-state index in [0.717, 1.165) is 24.8 Å². The number of carbonyl (C=O) groups excluding carboxylic acids is 3. The molecule has 1 aliphatic heterocycles. The molecule has 180 valence electrons. The van der Waals surface area contributed by atoms with Crippen LogP contribution in [0, 0.1) is 34.0 Å². The van der Waals surface area contributed by atoms with Gasteiger partial charge in [-0.15, -0.1) is 0 Å². The maximum absolute atomic E-state index is 13.4. The third-order valence-electron chi connectivity index (χ3n) is 9.89. The molecule has 0 amide bonds. The van der Waals surface area contributed by atoms with Crippen LogP contribution < -0.4 is 0 Å². The number of hydrogen-bond donors (Lipinski definition) is 1. The molecule has 4 fully saturated rings. The monoisotopic (exact) mass is 456 g/mol. The molecule has 8 atom stereocenters. The summed E-state index contributed by atoms with van der Waals surface area (Å²) >= 11 is 0. The third kappa shape index (κ3) is 2.71. The summed E-state index contributed by atoms with van der Waals surface area (Å²) in [5.41, 5.74) is -2.48. The summed E-state index contributed by atoms with van der Waals surface area (Å²) < 4.78 is 11.8. The average molecular weight is 457 g/mol. The number of hydrogen-bond acceptors (Lipinski definition) is 6. The van der Waals surface area contributed by atoms with E-state index in [4.69, 9.17) is 9.47 Å². The SMILES string of the molecule is CC1C[C@H]2[C@@H]3CCC4=CC(=O)C=C[C@]4(C)[C@]34OC4C[C@]2(C)[C@@]1(O)C(=O)COC(=O)C(C)(C)C. The average Bonchev–Trinajstić information content (AvgIpc) is 3.41. The van der Waals surface area contributed by atoms with Gasteiger partial charge in [-0.3, -0.25) is 14.4 Å². The van der Waals surface area contributed by atoms with E-state index in [1.165, 1.54) is 0 Å². The number of allylic oxidation sites excluding steroid dienone is 2. The highest BCUT2D eigenvalue weighted by molar-refractivity contribution is 6.01. The molecule has 1 spiro atoms. The summed E-state index contributed by atoms with van der Waals surface area (Å²) in [6.07, 6.45) is 8.41. The minimum Gasteiger partial charge on any atom is -0.457 e. The van der Waals surface area contributed by atoms with Crippen LogP contribution in [0.3, 0.4) is 0 Å². The van der Waals surface area contributed by atoms with Gasteiger partial charge in [0.15, 0.2) is 12.4 Å². The molecule has 0 aromatic heterocycles. The quantitative estimate of drug-likeness (QED) is 0.516. The molecular weight excluding hydrogens is 420 g/mol. The fourth-order valence-corrected chi connectivity index (χ4v) is 8.04. The smallest absolute Gasteiger partial charge is 0.311 e. The van der Waals surface area contributed by atoms with E-state index < -0.39 is 34.8 Å². The number of esters is 1. The summed E-state index contributed by atoms with van der Waals surface area (Å²) in [5, 5.41) is 12.0. The number of epoxide rings is 1. The first-order valence-corrected chi connectivity index (χ1v) is 12.3. The Kier molecular flexibility index (Phi) is 4.64. The topological polar surface area (TPSA) is 93.2 Å². The summed E-state index contributed by atoms with van der Waals surface area (Å²) in [6, 6.07) is 0. The van der Waals surface area contributed by atoms with Gasteiger partial charge >= 0.3 is 5.97 Å². The fourth-order valence-electron chi connectivity index (χ4n) is 8.04. The largest absolute Gasteiger partial charge is 0.457 e. The number of Topliss-reactive ketones (excluding diaryl/α,β-unsaturated/α-hetero) is 1. The predicted octanol–water partition coefficient (Wildman–Crippen LogP) is 3.56. The van der Waals surface area contributed by atoms with Gasteiger partial charge in [0.05, 0.1) is 11.5 Å². The van der Waals surface area contributed by atoms with Crippen molar-refractivity contribution in [2.45, 2.75) is 84.5 Å². The minimum atomic E-state index is -1.57. The second-order valence-corrected chi connectivity index (χ2v) is 12.5. The van der Waals surface area contributed by atoms with Crippen molar-refractivity contribution in [3.8, 4) is 0 Å². The Morgan fingerprint density at radius 3 is 2.61 bits per heavy atom. The van der Waals surface area contributed by atoms with E-state index in [9.17, 15) is 19.5 Å². The first kappa shape index (κ1) is 23.0. The van der Waals surface area contributed by atoms with Crippen molar-refractivity contribution < 1.29 is 29.0 Å². The summed E-state index contributed by atoms with van der Waals surface area (Å²) in [7, 11) is 0. The van der Waals surface area contributed by atoms with Crippen molar-refractivity contribution in [2.75, 3.05) is 6.61 Å². The molecule has 6 heteroatoms. The molecule has 33 heavy (non-hydrogen) atoms. The van der Waals surface area contributed by atoms with Crippen molar-refractivity contribution >= 4 is 17.5 Å². The van der Waals surface area contributed by atoms with E-state index >= 15 is 0 Å². The Morgan fingerprint density at radius 2 is 1.94 bits per heavy atom. The van der Waals surface area contributed by atoms with Crippen LogP contribution in [0.25, 0.3) is 0 Å². The normalized spacial score (nSPS) is 47.6. The van der Waals surface area contributed by atoms with Gasteiger partial charge in [-0.25, -0.2) is 0 Å². The van der Waals surface area contributed by atoms with Crippen LogP contribution in [0.4, 0.5) is 0 Å². The van der Waals surface area contributed by atoms with Crippen LogP contribution in [0.1, 0.15) is 67.2 Å². The lowest BCUT2D eigenvalue weighted by Gasteiger charge is -2.55. The van der Waals surface area contributed by atoms with Crippen molar-refractivity contribution in [3.05, 3.63) is 23.8 Å². The van der Waals surface area contributed by atoms with Gasteiger partial charge in [0, 0.05) is 10.8 Å². The van der Waals surface area contributed by atoms with Gasteiger partial charge < -0.3 is 14.6 Å². The molecule has 0 aromatic rings. The molecule has 0 radical (unpaired) electrons. The van der Waals surface area contributed by atoms with Crippen molar-refractivity contribution in [1.82, 2.24) is 0 Å². The van der Waals surface area contributed by atoms with Crippen LogP contribution >= 0.6 is 0 Å². The van der Waals surface area contributed by atoms with Crippen molar-refractivity contribution in [1.29, 1.82) is 0 Å². The molecule has 5 aliphatic rings. The van der Waals surface area contributed by atoms with E-state index in [2.05, 4.69) is 6.92 Å². The highest BCUT2D eigenvalue weighted by Crippen LogP contribution is 2.76. The first-order valence-electron chi connectivity index (χ1n) is 12.3. The second kappa shape index (κ2) is 6.66. The molecular formula is C27H36O6. The van der Waals surface area contributed by atoms with Crippen molar-refractivity contribution in [3.63, 3.8) is 0 Å². The van der Waals surface area contributed by atoms with E-state index in [1.54, 1.807) is 32.9 Å². The molecule has 0 aromatic carbocycles. The Hall–Kier alpha value is -1.79. The molecule has 3 saturated carbocycles. The van der Waals surface area contributed by atoms with Crippen molar-refractivity contribution in [2.24, 2.45) is 34.0 Å². The number of ketones is 2. The zero-order valence-corrected chi connectivity index (χ0v) is 20.6. The van der Waals surface area contributed by atoms with Crippen LogP contribution in [0.15, 0.2) is 23.8 Å². The van der Waals surface area contributed by atoms with Gasteiger partial charge in [-0.2, -0.15) is 0 Å². The first-order chi connectivity index (χ1) is 15.2. The zero-order valence-electron chi connectivity index (χ0n) is 20.6. The number of carbonyl (C=O) groups is 3. The van der Waals surface area contributed by atoms with E-state index in [-0.39, 0.29) is 40.7 Å². The number of rotatable bonds is 3. The Morgan fingerprint density at radius 1 is 1.24 bits per heavy atom. The maximum atomic E-state index is 13.4. The molecule has 4 aliphatic carbocycles. The van der Waals surface area contributed by atoms with Crippen LogP contribution in [-0.2, 0) is 23.9 Å². The van der Waals surface area contributed by atoms with Gasteiger partial charge in [-0.05, 0) is 83.3 Å². The lowest BCUT2D eigenvalue weighted by Crippen LogP contribution is -2.62. The maximum Gasteiger partial charge on any atom is 0.311 e. The number of ether oxygens (including phenoxy) is 2. The minimum absolute atomic E-state index is 0.0365. The van der Waals surface area contributed by atoms with Crippen LogP contribution in [0.5, 0.6) is 0 Å². The standard InChI is InChI=1S/C27H36O6/c1-15-11-19-18-8-7-16-12-17(28)9-10-24(16,5)27(18)21(33-27)13-25(19,6)26(15,31)20(29)14-32-22(30)23(2,3)4/h9-10,12,15,18-19,21,31H,7-8,11,13-14H2,1-6H3/t15?,18-,19-,21?,24-,25-,26-,27-/m0/s1. The Bertz CT molecular complexity index is 1000. The highest BCUT2D eigenvalue weighted by Gasteiger charge is 2.82. The Balaban J connectivity index is 1.45. The van der Waals surface area contributed by atoms with Crippen LogP contribution in [-0.4, -0.2) is 46.6 Å². The van der Waals surface area contributed by atoms with E-state index in [1.807, 2.05) is 19.9 Å². The molecule has 5 rings (SSSR count). The van der Waals surface area contributed by atoms with Gasteiger partial charge in [0.2, 0.25) is 5.78 Å². The lowest BCUT2D eigenvalue weighted by atomic mass is 9.46. The van der Waals surface area contributed by atoms with Gasteiger partial charge in [0.1, 0.15) is 11.2 Å². The number of aliphatic hydroxyl groups is 1. The molecule has 2 unspecified atom stereocenters. The number of fused-ring (bicyclic) bond motifs is 3. The van der Waals surface area contributed by atoms with E-state index in [0.29, 0.717) is 6.42 Å². The summed E-state index contributed by atoms with van der Waals surface area (Å²) in [5.74, 6) is -0.745. The second-order valence-electron chi connectivity index (χ2n) is 12.5. The summed E-state index contributed by atoms with van der Waals surface area (Å²) in [4.78, 5) is 37.7. The predicted molar refractivity (Wildman–Crippen MR) is 121 cm³/mol. The molecule has 1 heterocycles.